The normalized spacial score (nSPS) is 17.0. The lowest BCUT2D eigenvalue weighted by atomic mass is 9.85. The summed E-state index contributed by atoms with van der Waals surface area (Å²) in [5, 5.41) is 11.8. The molecule has 3 aromatic rings. The molecule has 0 bridgehead atoms. The van der Waals surface area contributed by atoms with Crippen LogP contribution < -0.4 is 14.5 Å². The average molecular weight is 527 g/mol. The van der Waals surface area contributed by atoms with E-state index in [1.807, 2.05) is 67.6 Å². The third-order valence-electron chi connectivity index (χ3n) is 7.50. The summed E-state index contributed by atoms with van der Waals surface area (Å²) in [5.74, 6) is -1.21. The second kappa shape index (κ2) is 11.0. The number of benzene rings is 3. The number of aryl methyl sites for hydroxylation is 1. The van der Waals surface area contributed by atoms with E-state index in [9.17, 15) is 14.7 Å². The molecule has 1 heterocycles. The van der Waals surface area contributed by atoms with Crippen molar-refractivity contribution in [1.82, 2.24) is 0 Å². The van der Waals surface area contributed by atoms with E-state index in [0.717, 1.165) is 35.5 Å². The van der Waals surface area contributed by atoms with Gasteiger partial charge in [0.1, 0.15) is 11.5 Å². The lowest BCUT2D eigenvalue weighted by molar-refractivity contribution is -0.132. The van der Waals surface area contributed by atoms with Crippen LogP contribution in [-0.2, 0) is 15.0 Å². The van der Waals surface area contributed by atoms with Crippen LogP contribution in [0.5, 0.6) is 5.75 Å². The van der Waals surface area contributed by atoms with Gasteiger partial charge in [-0.25, -0.2) is 0 Å². The lowest BCUT2D eigenvalue weighted by Crippen LogP contribution is -2.30. The number of methoxy groups -OCH3 is 1. The highest BCUT2D eigenvalue weighted by Crippen LogP contribution is 2.45. The molecule has 0 radical (unpaired) electrons. The number of anilines is 2. The van der Waals surface area contributed by atoms with Crippen molar-refractivity contribution in [3.8, 4) is 5.75 Å². The Hall–Kier alpha value is -4.06. The minimum absolute atomic E-state index is 0.0477. The molecule has 3 aromatic carbocycles. The van der Waals surface area contributed by atoms with Gasteiger partial charge in [-0.05, 0) is 79.3 Å². The van der Waals surface area contributed by atoms with Crippen molar-refractivity contribution in [2.45, 2.75) is 53.0 Å². The highest BCUT2D eigenvalue weighted by Gasteiger charge is 2.47. The van der Waals surface area contributed by atoms with E-state index in [4.69, 9.17) is 4.74 Å². The molecule has 1 unspecified atom stereocenters. The Balaban J connectivity index is 1.95. The molecule has 0 aliphatic carbocycles. The summed E-state index contributed by atoms with van der Waals surface area (Å²) < 4.78 is 5.58. The number of hydrogen-bond donors (Lipinski definition) is 1. The largest absolute Gasteiger partial charge is 0.507 e. The molecule has 1 aliphatic heterocycles. The van der Waals surface area contributed by atoms with Gasteiger partial charge in [-0.15, -0.1) is 0 Å². The fourth-order valence-electron chi connectivity index (χ4n) is 5.20. The number of ketones is 1. The third kappa shape index (κ3) is 5.16. The topological polar surface area (TPSA) is 70.1 Å². The molecule has 0 spiro atoms. The Morgan fingerprint density at radius 1 is 0.974 bits per heavy atom. The first-order valence-electron chi connectivity index (χ1n) is 13.4. The van der Waals surface area contributed by atoms with Crippen LogP contribution in [0.15, 0.2) is 72.3 Å². The molecule has 0 aromatic heterocycles. The lowest BCUT2D eigenvalue weighted by Gasteiger charge is -2.28. The highest BCUT2D eigenvalue weighted by molar-refractivity contribution is 6.51. The summed E-state index contributed by atoms with van der Waals surface area (Å²) in [6.07, 6.45) is 0. The number of Topliss-reactive ketones (excluding diaryl/α,β-unsaturated/α-hetero) is 1. The maximum Gasteiger partial charge on any atom is 0.300 e. The Labute approximate surface area is 231 Å². The molecule has 1 amide bonds. The zero-order chi connectivity index (χ0) is 28.5. The van der Waals surface area contributed by atoms with Crippen molar-refractivity contribution < 1.29 is 19.4 Å². The van der Waals surface area contributed by atoms with E-state index >= 15 is 0 Å². The number of carbonyl (C=O) groups is 2. The molecule has 1 saturated heterocycles. The minimum atomic E-state index is -0.798. The average Bonchev–Trinajstić information content (AvgIpc) is 3.18. The van der Waals surface area contributed by atoms with Gasteiger partial charge in [0.15, 0.2) is 0 Å². The second-order valence-electron chi connectivity index (χ2n) is 10.9. The zero-order valence-electron chi connectivity index (χ0n) is 23.9. The van der Waals surface area contributed by atoms with Crippen molar-refractivity contribution in [1.29, 1.82) is 0 Å². The maximum absolute atomic E-state index is 13.7. The van der Waals surface area contributed by atoms with E-state index < -0.39 is 17.7 Å². The highest BCUT2D eigenvalue weighted by atomic mass is 16.5. The summed E-state index contributed by atoms with van der Waals surface area (Å²) in [6.45, 7) is 14.1. The van der Waals surface area contributed by atoms with Crippen molar-refractivity contribution in [2.24, 2.45) is 0 Å². The van der Waals surface area contributed by atoms with Gasteiger partial charge in [-0.3, -0.25) is 14.5 Å². The summed E-state index contributed by atoms with van der Waals surface area (Å²) in [7, 11) is 1.53. The van der Waals surface area contributed by atoms with E-state index in [-0.39, 0.29) is 16.7 Å². The number of amides is 1. The van der Waals surface area contributed by atoms with Gasteiger partial charge < -0.3 is 14.7 Å². The molecule has 0 saturated carbocycles. The van der Waals surface area contributed by atoms with Crippen LogP contribution >= 0.6 is 0 Å². The predicted octanol–water partition coefficient (Wildman–Crippen LogP) is 6.77. The van der Waals surface area contributed by atoms with Crippen LogP contribution in [0.3, 0.4) is 0 Å². The van der Waals surface area contributed by atoms with Crippen LogP contribution in [0.4, 0.5) is 11.4 Å². The molecule has 1 N–H and O–H groups in total. The van der Waals surface area contributed by atoms with E-state index in [2.05, 4.69) is 39.5 Å². The molecule has 1 aliphatic rings. The Bertz CT molecular complexity index is 1410. The Morgan fingerprint density at radius 2 is 1.62 bits per heavy atom. The quantitative estimate of drug-likeness (QED) is 0.209. The van der Waals surface area contributed by atoms with Gasteiger partial charge in [0, 0.05) is 24.5 Å². The minimum Gasteiger partial charge on any atom is -0.507 e. The number of aliphatic hydroxyl groups excluding tert-OH is 1. The van der Waals surface area contributed by atoms with Crippen LogP contribution in [0.2, 0.25) is 0 Å². The number of hydrogen-bond acceptors (Lipinski definition) is 5. The van der Waals surface area contributed by atoms with Gasteiger partial charge >= 0.3 is 0 Å². The first kappa shape index (κ1) is 28.0. The third-order valence-corrected chi connectivity index (χ3v) is 7.50. The predicted molar refractivity (Wildman–Crippen MR) is 158 cm³/mol. The number of ether oxygens (including phenoxy) is 1. The van der Waals surface area contributed by atoms with Crippen molar-refractivity contribution in [3.05, 3.63) is 94.6 Å². The number of aliphatic hydroxyl groups is 1. The standard InChI is InChI=1S/C33H38N2O4/c1-8-34(9-2)23-15-17-24(18-16-23)35-29(25-13-11-10-12-21(25)3)28(31(37)32(35)38)30(36)26-20-22(33(4,5)6)14-19-27(26)39-7/h10-20,29,36H,8-9H2,1-7H3/b30-28+. The van der Waals surface area contributed by atoms with Crippen LogP contribution in [-0.4, -0.2) is 37.0 Å². The molecular formula is C33H38N2O4. The molecule has 1 fully saturated rings. The van der Waals surface area contributed by atoms with Gasteiger partial charge in [0.25, 0.3) is 11.7 Å². The first-order valence-corrected chi connectivity index (χ1v) is 13.4. The maximum atomic E-state index is 13.7. The summed E-state index contributed by atoms with van der Waals surface area (Å²) in [4.78, 5) is 31.1. The summed E-state index contributed by atoms with van der Waals surface area (Å²) in [6, 6.07) is 20.1. The monoisotopic (exact) mass is 526 g/mol. The van der Waals surface area contributed by atoms with E-state index in [1.165, 1.54) is 12.0 Å². The number of rotatable bonds is 7. The Kier molecular flexibility index (Phi) is 7.86. The molecule has 6 heteroatoms. The van der Waals surface area contributed by atoms with Gasteiger partial charge in [-0.2, -0.15) is 0 Å². The van der Waals surface area contributed by atoms with Crippen molar-refractivity contribution in [3.63, 3.8) is 0 Å². The van der Waals surface area contributed by atoms with E-state index in [1.54, 1.807) is 6.07 Å². The second-order valence-corrected chi connectivity index (χ2v) is 10.9. The van der Waals surface area contributed by atoms with E-state index in [0.29, 0.717) is 17.0 Å². The van der Waals surface area contributed by atoms with Crippen LogP contribution in [0, 0.1) is 6.92 Å². The number of nitrogens with zero attached hydrogens (tertiary/aromatic N) is 2. The molecule has 1 atom stereocenters. The SMILES string of the molecule is CCN(CC)c1ccc(N2C(=O)C(=O)/C(=C(/O)c3cc(C(C)(C)C)ccc3OC)C2c2ccccc2C)cc1. The fourth-order valence-corrected chi connectivity index (χ4v) is 5.20. The smallest absolute Gasteiger partial charge is 0.300 e. The fraction of sp³-hybridized carbons (Fsp3) is 0.333. The summed E-state index contributed by atoms with van der Waals surface area (Å²) >= 11 is 0. The van der Waals surface area contributed by atoms with Crippen molar-refractivity contribution in [2.75, 3.05) is 30.0 Å². The first-order chi connectivity index (χ1) is 18.5. The zero-order valence-corrected chi connectivity index (χ0v) is 23.9. The van der Waals surface area contributed by atoms with Crippen LogP contribution in [0.1, 0.15) is 62.9 Å². The number of carbonyl (C=O) groups excluding carboxylic acids is 2. The van der Waals surface area contributed by atoms with Gasteiger partial charge in [0.05, 0.1) is 24.3 Å². The van der Waals surface area contributed by atoms with Crippen molar-refractivity contribution >= 4 is 28.8 Å². The van der Waals surface area contributed by atoms with Crippen LogP contribution in [0.25, 0.3) is 5.76 Å². The molecule has 204 valence electrons. The molecule has 4 rings (SSSR count). The molecule has 6 nitrogen and oxygen atoms in total. The van der Waals surface area contributed by atoms with Gasteiger partial charge in [0.2, 0.25) is 0 Å². The Morgan fingerprint density at radius 3 is 2.18 bits per heavy atom. The summed E-state index contributed by atoms with van der Waals surface area (Å²) in [5.41, 5.74) is 4.53. The van der Waals surface area contributed by atoms with Gasteiger partial charge in [-0.1, -0.05) is 51.1 Å². The molecule has 39 heavy (non-hydrogen) atoms. The molecular weight excluding hydrogens is 488 g/mol.